The molecule has 1 saturated carbocycles. The van der Waals surface area contributed by atoms with Gasteiger partial charge in [0.25, 0.3) is 0 Å². The highest BCUT2D eigenvalue weighted by Crippen LogP contribution is 2.47. The lowest BCUT2D eigenvalue weighted by atomic mass is 10.1. The third-order valence-electron chi connectivity index (χ3n) is 3.33. The molecule has 1 saturated heterocycles. The van der Waals surface area contributed by atoms with Crippen molar-refractivity contribution in [2.45, 2.75) is 44.5 Å². The first-order valence-electron chi connectivity index (χ1n) is 5.04. The maximum atomic E-state index is 9.86. The van der Waals surface area contributed by atoms with Crippen molar-refractivity contribution < 1.29 is 14.6 Å². The van der Waals surface area contributed by atoms with Crippen LogP contribution in [0, 0.1) is 5.92 Å². The van der Waals surface area contributed by atoms with E-state index >= 15 is 0 Å². The maximum absolute atomic E-state index is 9.86. The van der Waals surface area contributed by atoms with Crippen LogP contribution in [0.2, 0.25) is 0 Å². The van der Waals surface area contributed by atoms with Gasteiger partial charge < -0.3 is 14.6 Å². The van der Waals surface area contributed by atoms with Gasteiger partial charge in [-0.15, -0.1) is 0 Å². The number of ether oxygens (including phenoxy) is 2. The Balaban J connectivity index is 1.79. The van der Waals surface area contributed by atoms with Crippen LogP contribution in [0.25, 0.3) is 0 Å². The highest BCUT2D eigenvalue weighted by atomic mass is 16.7. The van der Waals surface area contributed by atoms with E-state index in [1.807, 2.05) is 6.92 Å². The monoisotopic (exact) mass is 186 g/mol. The molecule has 3 nitrogen and oxygen atoms in total. The summed E-state index contributed by atoms with van der Waals surface area (Å²) >= 11 is 0. The third-order valence-corrected chi connectivity index (χ3v) is 3.33. The van der Waals surface area contributed by atoms with E-state index in [1.54, 1.807) is 0 Å². The summed E-state index contributed by atoms with van der Waals surface area (Å²) < 4.78 is 10.9. The molecule has 0 bridgehead atoms. The Morgan fingerprint density at radius 1 is 1.31 bits per heavy atom. The van der Waals surface area contributed by atoms with E-state index in [4.69, 9.17) is 9.47 Å². The van der Waals surface area contributed by atoms with Crippen LogP contribution in [0.5, 0.6) is 0 Å². The van der Waals surface area contributed by atoms with Crippen LogP contribution in [0.3, 0.4) is 0 Å². The lowest BCUT2D eigenvalue weighted by Gasteiger charge is -2.23. The van der Waals surface area contributed by atoms with Gasteiger partial charge in [-0.25, -0.2) is 0 Å². The Bertz CT molecular complexity index is 198. The standard InChI is InChI=1S/C10H18O3/c1-8-7-10(8,11)4-3-9(2)12-5-6-13-9/h8,11H,3-7H2,1-2H3. The molecule has 0 aromatic rings. The van der Waals surface area contributed by atoms with Gasteiger partial charge in [-0.3, -0.25) is 0 Å². The molecule has 1 heterocycles. The van der Waals surface area contributed by atoms with Crippen LogP contribution in [-0.2, 0) is 9.47 Å². The van der Waals surface area contributed by atoms with Gasteiger partial charge in [-0.1, -0.05) is 6.92 Å². The molecule has 3 heteroatoms. The van der Waals surface area contributed by atoms with Crippen LogP contribution in [0.4, 0.5) is 0 Å². The van der Waals surface area contributed by atoms with Crippen LogP contribution >= 0.6 is 0 Å². The summed E-state index contributed by atoms with van der Waals surface area (Å²) in [6.45, 7) is 5.41. The maximum Gasteiger partial charge on any atom is 0.165 e. The molecular formula is C10H18O3. The molecule has 1 aliphatic carbocycles. The average molecular weight is 186 g/mol. The second-order valence-electron chi connectivity index (χ2n) is 4.54. The molecular weight excluding hydrogens is 168 g/mol. The summed E-state index contributed by atoms with van der Waals surface area (Å²) in [4.78, 5) is 0. The Morgan fingerprint density at radius 3 is 2.31 bits per heavy atom. The summed E-state index contributed by atoms with van der Waals surface area (Å²) in [5.74, 6) is 0.0235. The number of hydrogen-bond donors (Lipinski definition) is 1. The van der Waals surface area contributed by atoms with Gasteiger partial charge in [0.1, 0.15) is 0 Å². The molecule has 0 spiro atoms. The van der Waals surface area contributed by atoms with Gasteiger partial charge in [0.15, 0.2) is 5.79 Å². The quantitative estimate of drug-likeness (QED) is 0.722. The molecule has 13 heavy (non-hydrogen) atoms. The van der Waals surface area contributed by atoms with Crippen molar-refractivity contribution in [3.63, 3.8) is 0 Å². The molecule has 0 aromatic carbocycles. The van der Waals surface area contributed by atoms with E-state index in [1.165, 1.54) is 0 Å². The predicted octanol–water partition coefficient (Wildman–Crippen LogP) is 1.30. The van der Waals surface area contributed by atoms with Gasteiger partial charge in [0.2, 0.25) is 0 Å². The molecule has 2 unspecified atom stereocenters. The van der Waals surface area contributed by atoms with Crippen molar-refractivity contribution >= 4 is 0 Å². The molecule has 0 amide bonds. The lowest BCUT2D eigenvalue weighted by Crippen LogP contribution is -2.28. The van der Waals surface area contributed by atoms with Gasteiger partial charge in [-0.2, -0.15) is 0 Å². The molecule has 76 valence electrons. The Hall–Kier alpha value is -0.120. The van der Waals surface area contributed by atoms with Crippen LogP contribution in [-0.4, -0.2) is 29.7 Å². The number of hydrogen-bond acceptors (Lipinski definition) is 3. The van der Waals surface area contributed by atoms with Crippen molar-refractivity contribution in [3.05, 3.63) is 0 Å². The van der Waals surface area contributed by atoms with Crippen molar-refractivity contribution in [3.8, 4) is 0 Å². The van der Waals surface area contributed by atoms with Crippen LogP contribution in [0.15, 0.2) is 0 Å². The van der Waals surface area contributed by atoms with Crippen molar-refractivity contribution in [1.82, 2.24) is 0 Å². The van der Waals surface area contributed by atoms with E-state index in [0.29, 0.717) is 19.1 Å². The Kier molecular flexibility index (Phi) is 2.13. The number of rotatable bonds is 3. The average Bonchev–Trinajstić information content (AvgIpc) is 2.47. The second-order valence-corrected chi connectivity index (χ2v) is 4.54. The zero-order chi connectivity index (χ0) is 9.53. The van der Waals surface area contributed by atoms with Gasteiger partial charge in [0, 0.05) is 6.42 Å². The minimum atomic E-state index is -0.432. The van der Waals surface area contributed by atoms with E-state index in [2.05, 4.69) is 6.92 Å². The zero-order valence-electron chi connectivity index (χ0n) is 8.38. The normalized spacial score (nSPS) is 42.2. The SMILES string of the molecule is CC1CC1(O)CCC1(C)OCCO1. The van der Waals surface area contributed by atoms with Gasteiger partial charge >= 0.3 is 0 Å². The fraction of sp³-hybridized carbons (Fsp3) is 1.00. The summed E-state index contributed by atoms with van der Waals surface area (Å²) in [5.41, 5.74) is -0.418. The number of aliphatic hydroxyl groups is 1. The Morgan fingerprint density at radius 2 is 1.85 bits per heavy atom. The first-order valence-corrected chi connectivity index (χ1v) is 5.04. The van der Waals surface area contributed by atoms with E-state index < -0.39 is 11.4 Å². The fourth-order valence-corrected chi connectivity index (χ4v) is 1.96. The first-order chi connectivity index (χ1) is 6.04. The van der Waals surface area contributed by atoms with Gasteiger partial charge in [0.05, 0.1) is 18.8 Å². The smallest absolute Gasteiger partial charge is 0.165 e. The van der Waals surface area contributed by atoms with Crippen molar-refractivity contribution in [2.75, 3.05) is 13.2 Å². The lowest BCUT2D eigenvalue weighted by molar-refractivity contribution is -0.152. The molecule has 1 N–H and O–H groups in total. The van der Waals surface area contributed by atoms with Gasteiger partial charge in [-0.05, 0) is 25.7 Å². The predicted molar refractivity (Wildman–Crippen MR) is 48.3 cm³/mol. The van der Waals surface area contributed by atoms with E-state index in [9.17, 15) is 5.11 Å². The molecule has 0 aromatic heterocycles. The summed E-state index contributed by atoms with van der Waals surface area (Å²) in [6.07, 6.45) is 2.53. The first kappa shape index (κ1) is 9.44. The largest absolute Gasteiger partial charge is 0.390 e. The minimum Gasteiger partial charge on any atom is -0.390 e. The third kappa shape index (κ3) is 1.87. The minimum absolute atomic E-state index is 0.418. The molecule has 2 atom stereocenters. The van der Waals surface area contributed by atoms with Crippen LogP contribution < -0.4 is 0 Å². The molecule has 0 radical (unpaired) electrons. The summed E-state index contributed by atoms with van der Waals surface area (Å²) in [7, 11) is 0. The highest BCUT2D eigenvalue weighted by Gasteiger charge is 2.50. The highest BCUT2D eigenvalue weighted by molar-refractivity contribution is 5.01. The Labute approximate surface area is 79.0 Å². The molecule has 1 aliphatic heterocycles. The summed E-state index contributed by atoms with van der Waals surface area (Å²) in [6, 6.07) is 0. The van der Waals surface area contributed by atoms with E-state index in [0.717, 1.165) is 19.3 Å². The molecule has 2 fully saturated rings. The summed E-state index contributed by atoms with van der Waals surface area (Å²) in [5, 5.41) is 9.86. The molecule has 2 aliphatic rings. The zero-order valence-corrected chi connectivity index (χ0v) is 8.38. The van der Waals surface area contributed by atoms with Crippen molar-refractivity contribution in [2.24, 2.45) is 5.92 Å². The molecule has 2 rings (SSSR count). The second kappa shape index (κ2) is 2.94. The van der Waals surface area contributed by atoms with E-state index in [-0.39, 0.29) is 0 Å². The van der Waals surface area contributed by atoms with Crippen LogP contribution in [0.1, 0.15) is 33.1 Å². The van der Waals surface area contributed by atoms with Crippen molar-refractivity contribution in [1.29, 1.82) is 0 Å². The fourth-order valence-electron chi connectivity index (χ4n) is 1.96. The topological polar surface area (TPSA) is 38.7 Å².